The minimum Gasteiger partial charge on any atom is -0.395 e. The Kier molecular flexibility index (Phi) is 3.99. The lowest BCUT2D eigenvalue weighted by Crippen LogP contribution is -2.50. The number of hydrogen-bond donors (Lipinski definition) is 1. The highest BCUT2D eigenvalue weighted by Gasteiger charge is 2.48. The van der Waals surface area contributed by atoms with Crippen LogP contribution in [-0.2, 0) is 4.79 Å². The third kappa shape index (κ3) is 2.53. The fourth-order valence-corrected chi connectivity index (χ4v) is 3.59. The van der Waals surface area contributed by atoms with E-state index in [1.54, 1.807) is 11.0 Å². The number of likely N-dealkylation sites (tertiary alicyclic amines) is 1. The first-order valence-electron chi connectivity index (χ1n) is 7.71. The maximum absolute atomic E-state index is 12.8. The van der Waals surface area contributed by atoms with Crippen molar-refractivity contribution in [2.24, 2.45) is 5.41 Å². The van der Waals surface area contributed by atoms with Crippen LogP contribution < -0.4 is 4.90 Å². The lowest BCUT2D eigenvalue weighted by Gasteiger charge is -2.39. The number of carbonyl (C=O) groups is 1. The van der Waals surface area contributed by atoms with Crippen LogP contribution in [0.3, 0.4) is 0 Å². The Hall–Kier alpha value is -2.13. The molecule has 0 aromatic carbocycles. The fraction of sp³-hybridized carbons (Fsp3) is 0.562. The second-order valence-electron chi connectivity index (χ2n) is 6.06. The second-order valence-corrected chi connectivity index (χ2v) is 6.06. The molecule has 0 aliphatic carbocycles. The molecule has 0 radical (unpaired) electrons. The van der Waals surface area contributed by atoms with Gasteiger partial charge in [0, 0.05) is 26.2 Å². The number of rotatable bonds is 3. The van der Waals surface area contributed by atoms with Gasteiger partial charge in [0.25, 0.3) is 0 Å². The molecule has 0 bridgehead atoms. The summed E-state index contributed by atoms with van der Waals surface area (Å²) in [6.07, 6.45) is 2.68. The first-order valence-corrected chi connectivity index (χ1v) is 7.71. The zero-order valence-electron chi connectivity index (χ0n) is 12.5. The number of aliphatic hydroxyl groups excluding tert-OH is 1. The molecule has 3 heterocycles. The van der Waals surface area contributed by atoms with Crippen LogP contribution in [0.4, 0.5) is 5.82 Å². The number of amides is 1. The van der Waals surface area contributed by atoms with Crippen LogP contribution in [-0.4, -0.2) is 53.7 Å². The van der Waals surface area contributed by atoms with E-state index in [0.717, 1.165) is 38.2 Å². The molecule has 116 valence electrons. The molecule has 1 aromatic heterocycles. The first kappa shape index (κ1) is 14.8. The molecule has 1 N–H and O–H groups in total. The molecular weight excluding hydrogens is 280 g/mol. The largest absolute Gasteiger partial charge is 0.395 e. The van der Waals surface area contributed by atoms with Gasteiger partial charge in [0.15, 0.2) is 0 Å². The summed E-state index contributed by atoms with van der Waals surface area (Å²) in [7, 11) is 0. The summed E-state index contributed by atoms with van der Waals surface area (Å²) in [4.78, 5) is 21.0. The molecule has 1 aromatic rings. The van der Waals surface area contributed by atoms with Crippen LogP contribution in [0.15, 0.2) is 18.2 Å². The van der Waals surface area contributed by atoms with E-state index < -0.39 is 0 Å². The summed E-state index contributed by atoms with van der Waals surface area (Å²) < 4.78 is 0. The Balaban J connectivity index is 1.78. The number of carbonyl (C=O) groups excluding carboxylic acids is 1. The van der Waals surface area contributed by atoms with E-state index in [2.05, 4.69) is 16.0 Å². The Bertz CT molecular complexity index is 610. The number of anilines is 1. The number of hydrogen-bond acceptors (Lipinski definition) is 5. The number of nitriles is 1. The summed E-state index contributed by atoms with van der Waals surface area (Å²) in [6, 6.07) is 7.45. The maximum Gasteiger partial charge on any atom is 0.230 e. The minimum atomic E-state index is -0.349. The minimum absolute atomic E-state index is 0.0112. The molecule has 2 saturated heterocycles. The predicted octanol–water partition coefficient (Wildman–Crippen LogP) is 0.764. The molecule has 0 saturated carbocycles. The number of aromatic nitrogens is 1. The molecule has 0 unspecified atom stereocenters. The molecule has 2 aliphatic heterocycles. The Morgan fingerprint density at radius 1 is 1.36 bits per heavy atom. The van der Waals surface area contributed by atoms with Gasteiger partial charge in [-0.05, 0) is 31.4 Å². The third-order valence-electron chi connectivity index (χ3n) is 4.72. The van der Waals surface area contributed by atoms with Crippen molar-refractivity contribution in [2.45, 2.75) is 19.3 Å². The van der Waals surface area contributed by atoms with Gasteiger partial charge in [0.2, 0.25) is 5.91 Å². The first-order chi connectivity index (χ1) is 10.7. The Morgan fingerprint density at radius 3 is 3.00 bits per heavy atom. The van der Waals surface area contributed by atoms with Crippen molar-refractivity contribution in [2.75, 3.05) is 37.7 Å². The SMILES string of the molecule is N#Cc1cccc(N2CC[C@]3(CCCN(CCO)C3=O)C2)n1. The topological polar surface area (TPSA) is 80.5 Å². The summed E-state index contributed by atoms with van der Waals surface area (Å²) in [5, 5.41) is 18.1. The molecular formula is C16H20N4O2. The van der Waals surface area contributed by atoms with E-state index in [-0.39, 0.29) is 17.9 Å². The van der Waals surface area contributed by atoms with Crippen LogP contribution in [0, 0.1) is 16.7 Å². The van der Waals surface area contributed by atoms with Gasteiger partial charge in [-0.15, -0.1) is 0 Å². The molecule has 6 heteroatoms. The van der Waals surface area contributed by atoms with E-state index >= 15 is 0 Å². The molecule has 2 aliphatic rings. The van der Waals surface area contributed by atoms with Crippen LogP contribution in [0.25, 0.3) is 0 Å². The molecule has 1 amide bonds. The van der Waals surface area contributed by atoms with Gasteiger partial charge in [0.05, 0.1) is 12.0 Å². The van der Waals surface area contributed by atoms with Crippen molar-refractivity contribution in [1.82, 2.24) is 9.88 Å². The number of aliphatic hydroxyl groups is 1. The number of pyridine rings is 1. The molecule has 22 heavy (non-hydrogen) atoms. The van der Waals surface area contributed by atoms with E-state index in [0.29, 0.717) is 18.8 Å². The van der Waals surface area contributed by atoms with E-state index in [9.17, 15) is 4.79 Å². The highest BCUT2D eigenvalue weighted by atomic mass is 16.3. The van der Waals surface area contributed by atoms with Gasteiger partial charge in [-0.2, -0.15) is 5.26 Å². The van der Waals surface area contributed by atoms with Crippen LogP contribution in [0.5, 0.6) is 0 Å². The number of β-amino-alcohol motifs (C(OH)–C–C–N with tert-alkyl or cyclic N) is 1. The molecule has 6 nitrogen and oxygen atoms in total. The van der Waals surface area contributed by atoms with E-state index in [1.165, 1.54) is 0 Å². The molecule has 3 rings (SSSR count). The van der Waals surface area contributed by atoms with Gasteiger partial charge in [0.1, 0.15) is 17.6 Å². The van der Waals surface area contributed by atoms with Gasteiger partial charge in [-0.1, -0.05) is 6.07 Å². The highest BCUT2D eigenvalue weighted by Crippen LogP contribution is 2.41. The van der Waals surface area contributed by atoms with Gasteiger partial charge < -0.3 is 14.9 Å². The second kappa shape index (κ2) is 5.93. The maximum atomic E-state index is 12.8. The average molecular weight is 300 g/mol. The molecule has 1 spiro atoms. The Morgan fingerprint density at radius 2 is 2.23 bits per heavy atom. The van der Waals surface area contributed by atoms with Crippen molar-refractivity contribution in [3.05, 3.63) is 23.9 Å². The lowest BCUT2D eigenvalue weighted by molar-refractivity contribution is -0.145. The van der Waals surface area contributed by atoms with Crippen molar-refractivity contribution in [1.29, 1.82) is 5.26 Å². The normalized spacial score (nSPS) is 24.8. The quantitative estimate of drug-likeness (QED) is 0.891. The summed E-state index contributed by atoms with van der Waals surface area (Å²) >= 11 is 0. The third-order valence-corrected chi connectivity index (χ3v) is 4.72. The number of piperidine rings is 1. The highest BCUT2D eigenvalue weighted by molar-refractivity contribution is 5.85. The van der Waals surface area contributed by atoms with Crippen LogP contribution in [0.2, 0.25) is 0 Å². The predicted molar refractivity (Wildman–Crippen MR) is 81.1 cm³/mol. The van der Waals surface area contributed by atoms with Gasteiger partial charge >= 0.3 is 0 Å². The number of nitrogens with zero attached hydrogens (tertiary/aromatic N) is 4. The summed E-state index contributed by atoms with van der Waals surface area (Å²) in [5.74, 6) is 0.926. The Labute approximate surface area is 130 Å². The van der Waals surface area contributed by atoms with Crippen molar-refractivity contribution >= 4 is 11.7 Å². The zero-order chi connectivity index (χ0) is 15.6. The molecule has 1 atom stereocenters. The van der Waals surface area contributed by atoms with Crippen LogP contribution in [0.1, 0.15) is 25.0 Å². The smallest absolute Gasteiger partial charge is 0.230 e. The van der Waals surface area contributed by atoms with E-state index in [1.807, 2.05) is 12.1 Å². The summed E-state index contributed by atoms with van der Waals surface area (Å²) in [5.41, 5.74) is 0.0490. The molecule has 2 fully saturated rings. The van der Waals surface area contributed by atoms with Crippen molar-refractivity contribution in [3.8, 4) is 6.07 Å². The van der Waals surface area contributed by atoms with Crippen molar-refractivity contribution < 1.29 is 9.90 Å². The van der Waals surface area contributed by atoms with E-state index in [4.69, 9.17) is 10.4 Å². The fourth-order valence-electron chi connectivity index (χ4n) is 3.59. The van der Waals surface area contributed by atoms with Gasteiger partial charge in [-0.25, -0.2) is 4.98 Å². The summed E-state index contributed by atoms with van der Waals surface area (Å²) in [6.45, 7) is 2.60. The van der Waals surface area contributed by atoms with Crippen molar-refractivity contribution in [3.63, 3.8) is 0 Å². The van der Waals surface area contributed by atoms with Crippen LogP contribution >= 0.6 is 0 Å². The zero-order valence-corrected chi connectivity index (χ0v) is 12.5. The lowest BCUT2D eigenvalue weighted by atomic mass is 9.78. The standard InChI is InChI=1S/C16H20N4O2/c17-11-13-3-1-4-14(18-13)20-8-6-16(12-20)5-2-7-19(9-10-21)15(16)22/h1,3-4,21H,2,5-10,12H2/t16-/m1/s1. The van der Waals surface area contributed by atoms with Gasteiger partial charge in [-0.3, -0.25) is 4.79 Å². The monoisotopic (exact) mass is 300 g/mol. The average Bonchev–Trinajstić information content (AvgIpc) is 2.97.